The number of carbonyl (C=O) groups is 2. The zero-order valence-electron chi connectivity index (χ0n) is 11.6. The Bertz CT molecular complexity index is 691. The SMILES string of the molecule is COc1cccc(C(=O)c2c(OC)cccc2C(=O)O)c1. The van der Waals surface area contributed by atoms with Crippen LogP contribution in [0.3, 0.4) is 0 Å². The van der Waals surface area contributed by atoms with Crippen molar-refractivity contribution in [3.05, 3.63) is 59.2 Å². The zero-order chi connectivity index (χ0) is 15.4. The number of benzene rings is 2. The van der Waals surface area contributed by atoms with Crippen molar-refractivity contribution in [3.63, 3.8) is 0 Å². The fraction of sp³-hybridized carbons (Fsp3) is 0.125. The molecule has 1 N–H and O–H groups in total. The molecule has 0 spiro atoms. The van der Waals surface area contributed by atoms with Crippen molar-refractivity contribution in [1.29, 1.82) is 0 Å². The van der Waals surface area contributed by atoms with Crippen LogP contribution in [0.5, 0.6) is 11.5 Å². The largest absolute Gasteiger partial charge is 0.497 e. The maximum atomic E-state index is 12.6. The molecule has 108 valence electrons. The third kappa shape index (κ3) is 2.86. The molecule has 0 amide bonds. The molecule has 0 radical (unpaired) electrons. The lowest BCUT2D eigenvalue weighted by Crippen LogP contribution is -2.11. The summed E-state index contributed by atoms with van der Waals surface area (Å²) in [6.07, 6.45) is 0. The molecule has 2 aromatic rings. The van der Waals surface area contributed by atoms with Gasteiger partial charge in [-0.15, -0.1) is 0 Å². The molecule has 0 saturated heterocycles. The van der Waals surface area contributed by atoms with Gasteiger partial charge in [-0.25, -0.2) is 4.79 Å². The molecule has 5 nitrogen and oxygen atoms in total. The van der Waals surface area contributed by atoms with Crippen molar-refractivity contribution in [1.82, 2.24) is 0 Å². The van der Waals surface area contributed by atoms with Crippen LogP contribution in [-0.4, -0.2) is 31.1 Å². The molecule has 2 rings (SSSR count). The van der Waals surface area contributed by atoms with Crippen LogP contribution >= 0.6 is 0 Å². The Morgan fingerprint density at radius 3 is 2.33 bits per heavy atom. The molecular weight excluding hydrogens is 272 g/mol. The van der Waals surface area contributed by atoms with Crippen LogP contribution in [-0.2, 0) is 0 Å². The van der Waals surface area contributed by atoms with Crippen molar-refractivity contribution in [3.8, 4) is 11.5 Å². The van der Waals surface area contributed by atoms with E-state index in [0.29, 0.717) is 11.3 Å². The molecule has 0 unspecified atom stereocenters. The highest BCUT2D eigenvalue weighted by atomic mass is 16.5. The summed E-state index contributed by atoms with van der Waals surface area (Å²) < 4.78 is 10.2. The van der Waals surface area contributed by atoms with Gasteiger partial charge >= 0.3 is 5.97 Å². The van der Waals surface area contributed by atoms with Crippen LogP contribution in [0.25, 0.3) is 0 Å². The molecule has 0 aliphatic carbocycles. The zero-order valence-corrected chi connectivity index (χ0v) is 11.6. The number of ketones is 1. The van der Waals surface area contributed by atoms with Gasteiger partial charge in [-0.3, -0.25) is 4.79 Å². The quantitative estimate of drug-likeness (QED) is 0.855. The van der Waals surface area contributed by atoms with Gasteiger partial charge in [-0.1, -0.05) is 18.2 Å². The summed E-state index contributed by atoms with van der Waals surface area (Å²) >= 11 is 0. The summed E-state index contributed by atoms with van der Waals surface area (Å²) in [6, 6.07) is 11.0. The van der Waals surface area contributed by atoms with Gasteiger partial charge in [0.2, 0.25) is 0 Å². The molecule has 0 fully saturated rings. The highest BCUT2D eigenvalue weighted by Gasteiger charge is 2.22. The minimum absolute atomic E-state index is 0.0285. The molecule has 2 aromatic carbocycles. The van der Waals surface area contributed by atoms with E-state index in [4.69, 9.17) is 9.47 Å². The van der Waals surface area contributed by atoms with Crippen molar-refractivity contribution in [2.75, 3.05) is 14.2 Å². The summed E-state index contributed by atoms with van der Waals surface area (Å²) in [6.45, 7) is 0. The van der Waals surface area contributed by atoms with Gasteiger partial charge in [-0.2, -0.15) is 0 Å². The van der Waals surface area contributed by atoms with E-state index in [2.05, 4.69) is 0 Å². The normalized spacial score (nSPS) is 10.0. The van der Waals surface area contributed by atoms with Crippen LogP contribution in [0.15, 0.2) is 42.5 Å². The van der Waals surface area contributed by atoms with Crippen molar-refractivity contribution < 1.29 is 24.2 Å². The standard InChI is InChI=1S/C16H14O5/c1-20-11-6-3-5-10(9-11)15(17)14-12(16(18)19)7-4-8-13(14)21-2/h3-9H,1-2H3,(H,18,19). The Hall–Kier alpha value is -2.82. The number of hydrogen-bond donors (Lipinski definition) is 1. The van der Waals surface area contributed by atoms with E-state index < -0.39 is 11.8 Å². The third-order valence-corrected chi connectivity index (χ3v) is 3.04. The number of carboxylic acid groups (broad SMARTS) is 1. The number of hydrogen-bond acceptors (Lipinski definition) is 4. The third-order valence-electron chi connectivity index (χ3n) is 3.04. The van der Waals surface area contributed by atoms with E-state index in [0.717, 1.165) is 0 Å². The van der Waals surface area contributed by atoms with Crippen molar-refractivity contribution in [2.24, 2.45) is 0 Å². The summed E-state index contributed by atoms with van der Waals surface area (Å²) in [4.78, 5) is 23.9. The van der Waals surface area contributed by atoms with Crippen LogP contribution < -0.4 is 9.47 Å². The number of aromatic carboxylic acids is 1. The van der Waals surface area contributed by atoms with Gasteiger partial charge in [0.1, 0.15) is 11.5 Å². The van der Waals surface area contributed by atoms with Gasteiger partial charge < -0.3 is 14.6 Å². The summed E-state index contributed by atoms with van der Waals surface area (Å²) in [5, 5.41) is 9.25. The van der Waals surface area contributed by atoms with E-state index in [9.17, 15) is 14.7 Å². The predicted molar refractivity (Wildman–Crippen MR) is 76.4 cm³/mol. The monoisotopic (exact) mass is 286 g/mol. The minimum Gasteiger partial charge on any atom is -0.497 e. The van der Waals surface area contributed by atoms with E-state index in [1.165, 1.54) is 26.4 Å². The van der Waals surface area contributed by atoms with Crippen molar-refractivity contribution >= 4 is 11.8 Å². The van der Waals surface area contributed by atoms with Crippen LogP contribution in [0.4, 0.5) is 0 Å². The maximum Gasteiger partial charge on any atom is 0.336 e. The number of rotatable bonds is 5. The Balaban J connectivity index is 2.59. The topological polar surface area (TPSA) is 72.8 Å². The first-order valence-corrected chi connectivity index (χ1v) is 6.17. The summed E-state index contributed by atoms with van der Waals surface area (Å²) in [5.41, 5.74) is 0.268. The molecule has 0 aliphatic heterocycles. The fourth-order valence-electron chi connectivity index (χ4n) is 2.02. The number of carbonyl (C=O) groups excluding carboxylic acids is 1. The Morgan fingerprint density at radius 1 is 1.00 bits per heavy atom. The average molecular weight is 286 g/mol. The van der Waals surface area contributed by atoms with E-state index >= 15 is 0 Å². The van der Waals surface area contributed by atoms with E-state index in [1.54, 1.807) is 30.3 Å². The molecule has 21 heavy (non-hydrogen) atoms. The highest BCUT2D eigenvalue weighted by Crippen LogP contribution is 2.26. The number of carboxylic acids is 1. The molecule has 0 atom stereocenters. The lowest BCUT2D eigenvalue weighted by Gasteiger charge is -2.11. The second-order valence-electron chi connectivity index (χ2n) is 4.25. The maximum absolute atomic E-state index is 12.6. The molecule has 0 heterocycles. The minimum atomic E-state index is -1.18. The molecule has 0 aromatic heterocycles. The van der Waals surface area contributed by atoms with E-state index in [-0.39, 0.29) is 16.9 Å². The summed E-state index contributed by atoms with van der Waals surface area (Å²) in [7, 11) is 2.89. The van der Waals surface area contributed by atoms with Crippen LogP contribution in [0.2, 0.25) is 0 Å². The highest BCUT2D eigenvalue weighted by molar-refractivity contribution is 6.16. The van der Waals surface area contributed by atoms with E-state index in [1.807, 2.05) is 0 Å². The first-order chi connectivity index (χ1) is 10.1. The lowest BCUT2D eigenvalue weighted by atomic mass is 9.97. The average Bonchev–Trinajstić information content (AvgIpc) is 2.53. The van der Waals surface area contributed by atoms with Gasteiger partial charge in [-0.05, 0) is 24.3 Å². The van der Waals surface area contributed by atoms with Gasteiger partial charge in [0, 0.05) is 5.56 Å². The Kier molecular flexibility index (Phi) is 4.23. The number of ether oxygens (including phenoxy) is 2. The second-order valence-corrected chi connectivity index (χ2v) is 4.25. The molecule has 0 saturated carbocycles. The predicted octanol–water partition coefficient (Wildman–Crippen LogP) is 2.63. The molecular formula is C16H14O5. The first-order valence-electron chi connectivity index (χ1n) is 6.17. The first kappa shape index (κ1) is 14.6. The van der Waals surface area contributed by atoms with Gasteiger partial charge in [0.15, 0.2) is 5.78 Å². The molecule has 5 heteroatoms. The molecule has 0 bridgehead atoms. The smallest absolute Gasteiger partial charge is 0.336 e. The lowest BCUT2D eigenvalue weighted by molar-refractivity contribution is 0.0692. The van der Waals surface area contributed by atoms with Gasteiger partial charge in [0.25, 0.3) is 0 Å². The summed E-state index contributed by atoms with van der Waals surface area (Å²) in [5.74, 6) is -0.862. The Morgan fingerprint density at radius 2 is 1.71 bits per heavy atom. The van der Waals surface area contributed by atoms with Gasteiger partial charge in [0.05, 0.1) is 25.3 Å². The second kappa shape index (κ2) is 6.09. The van der Waals surface area contributed by atoms with Crippen molar-refractivity contribution in [2.45, 2.75) is 0 Å². The number of methoxy groups -OCH3 is 2. The van der Waals surface area contributed by atoms with Crippen LogP contribution in [0.1, 0.15) is 26.3 Å². The fourth-order valence-corrected chi connectivity index (χ4v) is 2.02. The molecule has 0 aliphatic rings. The van der Waals surface area contributed by atoms with Crippen LogP contribution in [0, 0.1) is 0 Å². The Labute approximate surface area is 121 Å².